The van der Waals surface area contributed by atoms with Gasteiger partial charge in [0.1, 0.15) is 5.56 Å². The van der Waals surface area contributed by atoms with Gasteiger partial charge in [-0.05, 0) is 19.9 Å². The maximum atomic E-state index is 11.6. The van der Waals surface area contributed by atoms with E-state index in [0.29, 0.717) is 5.69 Å². The van der Waals surface area contributed by atoms with Crippen LogP contribution in [0.1, 0.15) is 23.0 Å². The third kappa shape index (κ3) is 2.68. The van der Waals surface area contributed by atoms with Crippen LogP contribution in [0.25, 0.3) is 0 Å². The van der Waals surface area contributed by atoms with Crippen LogP contribution >= 0.6 is 0 Å². The third-order valence-corrected chi connectivity index (χ3v) is 1.94. The molecule has 6 heteroatoms. The van der Waals surface area contributed by atoms with E-state index in [-0.39, 0.29) is 23.4 Å². The number of esters is 1. The normalized spacial score (nSPS) is 10.2. The molecule has 3 N–H and O–H groups in total. The van der Waals surface area contributed by atoms with E-state index in [9.17, 15) is 9.59 Å². The topological polar surface area (TPSA) is 85.0 Å². The first kappa shape index (κ1) is 12.4. The van der Waals surface area contributed by atoms with Gasteiger partial charge in [0, 0.05) is 5.69 Å². The maximum Gasteiger partial charge on any atom is 0.344 e. The molecule has 0 aliphatic rings. The summed E-state index contributed by atoms with van der Waals surface area (Å²) >= 11 is 0. The fraction of sp³-hybridized carbons (Fsp3) is 0.400. The lowest BCUT2D eigenvalue weighted by molar-refractivity contribution is -0.831. The molecular weight excluding hydrogens is 212 g/mol. The molecule has 0 spiro atoms. The molecule has 0 radical (unpaired) electrons. The minimum absolute atomic E-state index is 0.173. The first-order chi connectivity index (χ1) is 7.60. The first-order valence-electron chi connectivity index (χ1n) is 4.87. The van der Waals surface area contributed by atoms with Crippen LogP contribution in [0.4, 0.5) is 5.69 Å². The summed E-state index contributed by atoms with van der Waals surface area (Å²) < 4.78 is 4.86. The van der Waals surface area contributed by atoms with Crippen LogP contribution in [-0.4, -0.2) is 24.7 Å². The standard InChI is InChI=1S/C10H14N2O4/c1-4-16-10(14)7-5-6(2)11-9(13)8(7)12-15-3/h5,12H,4H2,1-3H3,(H,11,13)/p+1. The summed E-state index contributed by atoms with van der Waals surface area (Å²) in [7, 11) is 1.41. The van der Waals surface area contributed by atoms with Gasteiger partial charge in [-0.25, -0.2) is 9.63 Å². The molecule has 0 bridgehead atoms. The van der Waals surface area contributed by atoms with E-state index in [0.717, 1.165) is 0 Å². The van der Waals surface area contributed by atoms with Crippen molar-refractivity contribution in [2.24, 2.45) is 0 Å². The summed E-state index contributed by atoms with van der Waals surface area (Å²) in [4.78, 5) is 30.5. The summed E-state index contributed by atoms with van der Waals surface area (Å²) in [6.07, 6.45) is 0. The van der Waals surface area contributed by atoms with Crippen molar-refractivity contribution >= 4 is 11.7 Å². The smallest absolute Gasteiger partial charge is 0.344 e. The molecule has 0 aromatic carbocycles. The minimum Gasteiger partial charge on any atom is -0.462 e. The van der Waals surface area contributed by atoms with E-state index in [4.69, 9.17) is 9.57 Å². The molecule has 0 aliphatic carbocycles. The van der Waals surface area contributed by atoms with Crippen molar-refractivity contribution in [2.75, 3.05) is 13.7 Å². The Bertz CT molecular complexity index is 439. The number of H-pyrrole nitrogens is 1. The number of carbonyl (C=O) groups excluding carboxylic acids is 1. The second-order valence-corrected chi connectivity index (χ2v) is 3.18. The van der Waals surface area contributed by atoms with Gasteiger partial charge in [0.2, 0.25) is 5.69 Å². The van der Waals surface area contributed by atoms with Crippen LogP contribution in [0.5, 0.6) is 0 Å². The molecule has 1 aromatic heterocycles. The molecule has 88 valence electrons. The van der Waals surface area contributed by atoms with Crippen molar-refractivity contribution in [1.82, 2.24) is 4.98 Å². The largest absolute Gasteiger partial charge is 0.462 e. The van der Waals surface area contributed by atoms with E-state index >= 15 is 0 Å². The SMILES string of the molecule is CCOC(=O)c1cc(C)[nH]c(=O)c1[NH2+]OC. The number of aromatic nitrogens is 1. The number of hydrogen-bond acceptors (Lipinski definition) is 4. The highest BCUT2D eigenvalue weighted by Gasteiger charge is 2.20. The number of pyridine rings is 1. The highest BCUT2D eigenvalue weighted by atomic mass is 16.6. The van der Waals surface area contributed by atoms with Gasteiger partial charge in [-0.3, -0.25) is 4.79 Å². The summed E-state index contributed by atoms with van der Waals surface area (Å²) in [5, 5.41) is 0. The minimum atomic E-state index is -0.528. The second-order valence-electron chi connectivity index (χ2n) is 3.18. The molecule has 0 fully saturated rings. The van der Waals surface area contributed by atoms with E-state index in [2.05, 4.69) is 4.98 Å². The van der Waals surface area contributed by atoms with E-state index in [1.807, 2.05) is 0 Å². The molecule has 1 rings (SSSR count). The predicted molar refractivity (Wildman–Crippen MR) is 56.4 cm³/mol. The summed E-state index contributed by atoms with van der Waals surface area (Å²) in [6.45, 7) is 3.66. The second kappa shape index (κ2) is 5.43. The number of nitrogens with one attached hydrogen (secondary N) is 1. The van der Waals surface area contributed by atoms with Gasteiger partial charge in [0.25, 0.3) is 0 Å². The molecule has 16 heavy (non-hydrogen) atoms. The Hall–Kier alpha value is -1.66. The lowest BCUT2D eigenvalue weighted by Gasteiger charge is -2.05. The highest BCUT2D eigenvalue weighted by molar-refractivity contribution is 5.93. The Kier molecular flexibility index (Phi) is 4.21. The Balaban J connectivity index is 3.23. The van der Waals surface area contributed by atoms with Gasteiger partial charge < -0.3 is 9.72 Å². The van der Waals surface area contributed by atoms with Crippen molar-refractivity contribution in [1.29, 1.82) is 0 Å². The zero-order valence-electron chi connectivity index (χ0n) is 9.49. The number of nitrogens with two attached hydrogens (primary N) is 1. The van der Waals surface area contributed by atoms with Crippen LogP contribution < -0.4 is 11.0 Å². The third-order valence-electron chi connectivity index (χ3n) is 1.94. The molecule has 1 aromatic rings. The lowest BCUT2D eigenvalue weighted by atomic mass is 10.2. The van der Waals surface area contributed by atoms with Gasteiger partial charge in [-0.1, -0.05) is 0 Å². The number of rotatable bonds is 4. The van der Waals surface area contributed by atoms with E-state index < -0.39 is 5.97 Å². The van der Waals surface area contributed by atoms with E-state index in [1.165, 1.54) is 12.6 Å². The Morgan fingerprint density at radius 2 is 2.25 bits per heavy atom. The zero-order chi connectivity index (χ0) is 12.1. The predicted octanol–water partition coefficient (Wildman–Crippen LogP) is -0.384. The molecule has 0 unspecified atom stereocenters. The summed E-state index contributed by atoms with van der Waals surface area (Å²) in [6, 6.07) is 1.56. The molecule has 0 saturated carbocycles. The maximum absolute atomic E-state index is 11.6. The fourth-order valence-electron chi connectivity index (χ4n) is 1.31. The number of quaternary nitrogens is 1. The number of aryl methyl sites for hydroxylation is 1. The van der Waals surface area contributed by atoms with Crippen molar-refractivity contribution in [3.05, 3.63) is 27.7 Å². The van der Waals surface area contributed by atoms with Crippen molar-refractivity contribution < 1.29 is 19.8 Å². The molecule has 0 amide bonds. The first-order valence-corrected chi connectivity index (χ1v) is 4.87. The van der Waals surface area contributed by atoms with Gasteiger partial charge in [-0.15, -0.1) is 0 Å². The Labute approximate surface area is 92.5 Å². The van der Waals surface area contributed by atoms with Crippen LogP contribution in [0, 0.1) is 6.92 Å². The quantitative estimate of drug-likeness (QED) is 0.542. The van der Waals surface area contributed by atoms with Crippen LogP contribution in [0.15, 0.2) is 10.9 Å². The van der Waals surface area contributed by atoms with Crippen molar-refractivity contribution in [3.8, 4) is 0 Å². The molecular formula is C10H15N2O4+. The number of aromatic amines is 1. The van der Waals surface area contributed by atoms with Crippen LogP contribution in [0.3, 0.4) is 0 Å². The Morgan fingerprint density at radius 1 is 1.56 bits per heavy atom. The zero-order valence-corrected chi connectivity index (χ0v) is 9.49. The van der Waals surface area contributed by atoms with Gasteiger partial charge in [0.15, 0.2) is 0 Å². The Morgan fingerprint density at radius 3 is 2.81 bits per heavy atom. The van der Waals surface area contributed by atoms with Gasteiger partial charge in [-0.2, -0.15) is 5.48 Å². The molecule has 6 nitrogen and oxygen atoms in total. The van der Waals surface area contributed by atoms with Crippen LogP contribution in [0.2, 0.25) is 0 Å². The highest BCUT2D eigenvalue weighted by Crippen LogP contribution is 2.07. The van der Waals surface area contributed by atoms with E-state index in [1.54, 1.807) is 19.9 Å². The molecule has 1 heterocycles. The van der Waals surface area contributed by atoms with Crippen molar-refractivity contribution in [3.63, 3.8) is 0 Å². The van der Waals surface area contributed by atoms with Crippen molar-refractivity contribution in [2.45, 2.75) is 13.8 Å². The summed E-state index contributed by atoms with van der Waals surface area (Å²) in [5.41, 5.74) is 1.84. The number of ether oxygens (including phenoxy) is 1. The average molecular weight is 227 g/mol. The fourth-order valence-corrected chi connectivity index (χ4v) is 1.31. The average Bonchev–Trinajstić information content (AvgIpc) is 2.22. The van der Waals surface area contributed by atoms with Crippen LogP contribution in [-0.2, 0) is 9.57 Å². The van der Waals surface area contributed by atoms with Gasteiger partial charge >= 0.3 is 11.5 Å². The molecule has 0 aliphatic heterocycles. The number of hydrogen-bond donors (Lipinski definition) is 2. The number of carbonyl (C=O) groups is 1. The van der Waals surface area contributed by atoms with Gasteiger partial charge in [0.05, 0.1) is 13.7 Å². The molecule has 0 atom stereocenters. The monoisotopic (exact) mass is 227 g/mol. The lowest BCUT2D eigenvalue weighted by Crippen LogP contribution is -2.78. The summed E-state index contributed by atoms with van der Waals surface area (Å²) in [5.74, 6) is -0.528. The molecule has 0 saturated heterocycles.